The molecule has 12 heteroatoms. The molecular weight excluding hydrogens is 745 g/mol. The van der Waals surface area contributed by atoms with Gasteiger partial charge < -0.3 is 40.6 Å². The Kier molecular flexibility index (Phi) is 14.1. The number of aromatic nitrogens is 2. The van der Waals surface area contributed by atoms with E-state index in [1.807, 2.05) is 120 Å². The van der Waals surface area contributed by atoms with Gasteiger partial charge in [-0.05, 0) is 109 Å². The van der Waals surface area contributed by atoms with Crippen molar-refractivity contribution in [2.24, 2.45) is 0 Å². The lowest BCUT2D eigenvalue weighted by Gasteiger charge is -2.26. The van der Waals surface area contributed by atoms with Crippen molar-refractivity contribution >= 4 is 45.2 Å². The third-order valence-electron chi connectivity index (χ3n) is 10.1. The monoisotopic (exact) mass is 800 g/mol. The fraction of sp³-hybridized carbons (Fsp3) is 0.319. The molecule has 6 aromatic rings. The number of aliphatic hydroxyl groups is 2. The first kappa shape index (κ1) is 43.9. The second-order valence-electron chi connectivity index (χ2n) is 16.1. The van der Waals surface area contributed by atoms with E-state index >= 15 is 0 Å². The zero-order valence-corrected chi connectivity index (χ0v) is 35.2. The summed E-state index contributed by atoms with van der Waals surface area (Å²) in [6.07, 6.45) is 0. The molecule has 0 saturated carbocycles. The summed E-state index contributed by atoms with van der Waals surface area (Å²) in [5, 5.41) is 26.6. The number of rotatable bonds is 10. The third kappa shape index (κ3) is 11.0. The number of benzene rings is 4. The number of hydrogen-bond acceptors (Lipinski definition) is 6. The Bertz CT molecular complexity index is 2590. The molecule has 0 radical (unpaired) electrons. The lowest BCUT2D eigenvalue weighted by molar-refractivity contribution is 0.185. The molecule has 2 heterocycles. The van der Waals surface area contributed by atoms with Crippen LogP contribution in [-0.2, 0) is 18.5 Å². The van der Waals surface area contributed by atoms with Crippen LogP contribution in [0.15, 0.2) is 94.5 Å². The predicted octanol–water partition coefficient (Wildman–Crippen LogP) is 7.95. The van der Waals surface area contributed by atoms with Gasteiger partial charge in [-0.2, -0.15) is 0 Å². The molecule has 0 unspecified atom stereocenters. The summed E-state index contributed by atoms with van der Waals surface area (Å²) in [6, 6.07) is 26.1. The van der Waals surface area contributed by atoms with Crippen molar-refractivity contribution in [3.8, 4) is 0 Å². The summed E-state index contributed by atoms with van der Waals surface area (Å²) in [7, 11) is 0. The largest absolute Gasteiger partial charge is 0.395 e. The van der Waals surface area contributed by atoms with Gasteiger partial charge in [0.15, 0.2) is 0 Å². The maximum atomic E-state index is 13.1. The molecule has 4 aromatic carbocycles. The van der Waals surface area contributed by atoms with Crippen molar-refractivity contribution in [1.82, 2.24) is 19.8 Å². The third-order valence-corrected chi connectivity index (χ3v) is 10.1. The molecule has 6 N–H and O–H groups in total. The molecule has 0 fully saturated rings. The number of para-hydroxylation sites is 2. The topological polar surface area (TPSA) is 171 Å². The van der Waals surface area contributed by atoms with Crippen LogP contribution in [0.3, 0.4) is 0 Å². The smallest absolute Gasteiger partial charge is 0.322 e. The number of hydrogen-bond donors (Lipinski definition) is 6. The number of carbonyl (C=O) groups excluding carboxylic acids is 2. The zero-order chi connectivity index (χ0) is 43.0. The molecule has 59 heavy (non-hydrogen) atoms. The Morgan fingerprint density at radius 1 is 0.593 bits per heavy atom. The molecule has 0 aliphatic carbocycles. The first-order valence-corrected chi connectivity index (χ1v) is 19.7. The van der Waals surface area contributed by atoms with Crippen LogP contribution >= 0.6 is 0 Å². The van der Waals surface area contributed by atoms with Crippen molar-refractivity contribution in [2.45, 2.75) is 73.9 Å². The maximum Gasteiger partial charge on any atom is 0.322 e. The fourth-order valence-corrected chi connectivity index (χ4v) is 7.20. The van der Waals surface area contributed by atoms with E-state index < -0.39 is 0 Å². The number of nitrogens with zero attached hydrogens (tertiary/aromatic N) is 2. The minimum absolute atomic E-state index is 0.0995. The van der Waals surface area contributed by atoms with Gasteiger partial charge in [-0.15, -0.1) is 0 Å². The molecule has 0 bridgehead atoms. The zero-order valence-electron chi connectivity index (χ0n) is 35.2. The summed E-state index contributed by atoms with van der Waals surface area (Å²) in [5.41, 5.74) is 9.55. The van der Waals surface area contributed by atoms with Gasteiger partial charge in [-0.3, -0.25) is 9.59 Å². The second kappa shape index (κ2) is 19.0. The number of anilines is 2. The van der Waals surface area contributed by atoms with Crippen LogP contribution in [0, 0.1) is 34.6 Å². The van der Waals surface area contributed by atoms with Gasteiger partial charge in [0.1, 0.15) is 0 Å². The summed E-state index contributed by atoms with van der Waals surface area (Å²) in [5.74, 6) is 0. The number of pyridine rings is 2. The molecule has 0 atom stereocenters. The van der Waals surface area contributed by atoms with Gasteiger partial charge in [0.2, 0.25) is 0 Å². The number of H-pyrrole nitrogens is 2. The van der Waals surface area contributed by atoms with Crippen molar-refractivity contribution in [1.29, 1.82) is 0 Å². The highest BCUT2D eigenvalue weighted by Gasteiger charge is 2.22. The van der Waals surface area contributed by atoms with Gasteiger partial charge in [0.05, 0.1) is 37.3 Å². The molecule has 12 nitrogen and oxygen atoms in total. The normalized spacial score (nSPS) is 11.2. The van der Waals surface area contributed by atoms with E-state index in [0.29, 0.717) is 16.8 Å². The number of fused-ring (bicyclic) bond motifs is 2. The standard InChI is InChI=1S/C25H31N3O3.C22H25N3O3/c1-16-12-17(2)22-18(13-16)14-19(23(30)27-22)15-28(10-11-29)24(31)26-21-9-7-6-8-20(21)25(3,4)5;1-14-10-16(3)20-17(11-14)12-18(21(27)24-20)13-25(8-9-26)22(28)23-19-7-5-4-6-15(19)2/h6-9,12-14,29H,10-11,15H2,1-5H3,(H,26,31)(H,27,30);4-7,10-12,26H,8-9,13H2,1-3H3,(H,23,28)(H,24,27). The van der Waals surface area contributed by atoms with Crippen molar-refractivity contribution < 1.29 is 19.8 Å². The Morgan fingerprint density at radius 3 is 1.46 bits per heavy atom. The van der Waals surface area contributed by atoms with Crippen LogP contribution in [0.1, 0.15) is 65.3 Å². The number of aliphatic hydroxyl groups excluding tert-OH is 2. The summed E-state index contributed by atoms with van der Waals surface area (Å²) >= 11 is 0. The van der Waals surface area contributed by atoms with E-state index in [9.17, 15) is 29.4 Å². The number of carbonyl (C=O) groups is 2. The number of urea groups is 2. The van der Waals surface area contributed by atoms with E-state index in [2.05, 4.69) is 41.4 Å². The van der Waals surface area contributed by atoms with E-state index in [0.717, 1.165) is 60.9 Å². The van der Waals surface area contributed by atoms with E-state index in [1.54, 1.807) is 0 Å². The average molecular weight is 801 g/mol. The van der Waals surface area contributed by atoms with Crippen LogP contribution < -0.4 is 21.8 Å². The number of nitrogens with one attached hydrogen (secondary N) is 4. The minimum atomic E-state index is -0.358. The highest BCUT2D eigenvalue weighted by Crippen LogP contribution is 2.29. The predicted molar refractivity (Wildman–Crippen MR) is 237 cm³/mol. The Balaban J connectivity index is 0.000000225. The molecular formula is C47H56N6O6. The lowest BCUT2D eigenvalue weighted by atomic mass is 9.86. The number of aromatic amines is 2. The molecule has 310 valence electrons. The van der Waals surface area contributed by atoms with E-state index in [1.165, 1.54) is 9.80 Å². The second-order valence-corrected chi connectivity index (χ2v) is 16.1. The van der Waals surface area contributed by atoms with Crippen LogP contribution in [0.2, 0.25) is 0 Å². The first-order chi connectivity index (χ1) is 28.0. The number of aryl methyl sites for hydroxylation is 5. The Labute approximate surface area is 344 Å². The van der Waals surface area contributed by atoms with Crippen LogP contribution in [0.4, 0.5) is 21.0 Å². The van der Waals surface area contributed by atoms with Gasteiger partial charge in [0, 0.05) is 35.6 Å². The molecule has 0 aliphatic heterocycles. The summed E-state index contributed by atoms with van der Waals surface area (Å²) in [6.45, 7) is 16.2. The van der Waals surface area contributed by atoms with Crippen molar-refractivity contribution in [2.75, 3.05) is 36.9 Å². The minimum Gasteiger partial charge on any atom is -0.395 e. The highest BCUT2D eigenvalue weighted by molar-refractivity contribution is 5.91. The van der Waals surface area contributed by atoms with Gasteiger partial charge in [0.25, 0.3) is 11.1 Å². The lowest BCUT2D eigenvalue weighted by Crippen LogP contribution is -2.38. The van der Waals surface area contributed by atoms with E-state index in [4.69, 9.17) is 0 Å². The molecule has 0 saturated heterocycles. The Hall–Kier alpha value is -6.24. The number of amides is 4. The highest BCUT2D eigenvalue weighted by atomic mass is 16.3. The quantitative estimate of drug-likeness (QED) is 0.0822. The van der Waals surface area contributed by atoms with E-state index in [-0.39, 0.29) is 68.0 Å². The van der Waals surface area contributed by atoms with Crippen molar-refractivity contribution in [3.05, 3.63) is 150 Å². The molecule has 6 rings (SSSR count). The van der Waals surface area contributed by atoms with Gasteiger partial charge in [-0.1, -0.05) is 80.4 Å². The Morgan fingerprint density at radius 2 is 1.02 bits per heavy atom. The van der Waals surface area contributed by atoms with Gasteiger partial charge >= 0.3 is 12.1 Å². The molecule has 0 spiro atoms. The summed E-state index contributed by atoms with van der Waals surface area (Å²) < 4.78 is 0. The molecule has 0 aliphatic rings. The first-order valence-electron chi connectivity index (χ1n) is 19.7. The van der Waals surface area contributed by atoms with Crippen LogP contribution in [0.25, 0.3) is 21.8 Å². The molecule has 4 amide bonds. The maximum absolute atomic E-state index is 13.1. The van der Waals surface area contributed by atoms with Crippen molar-refractivity contribution in [3.63, 3.8) is 0 Å². The van der Waals surface area contributed by atoms with Crippen LogP contribution in [0.5, 0.6) is 0 Å². The summed E-state index contributed by atoms with van der Waals surface area (Å²) in [4.78, 5) is 59.8. The average Bonchev–Trinajstić information content (AvgIpc) is 3.16. The van der Waals surface area contributed by atoms with Gasteiger partial charge in [-0.25, -0.2) is 9.59 Å². The fourth-order valence-electron chi connectivity index (χ4n) is 7.20. The SMILES string of the molecule is Cc1cc(C)c2[nH]c(=O)c(CN(CCO)C(=O)Nc3ccccc3C(C)(C)C)cc2c1.Cc1cc(C)c2[nH]c(=O)c(CN(CCO)C(=O)Nc3ccccc3C)cc2c1. The van der Waals surface area contributed by atoms with Crippen LogP contribution in [-0.4, -0.2) is 68.3 Å². The molecule has 2 aromatic heterocycles.